The number of methoxy groups -OCH3 is 1. The topological polar surface area (TPSA) is 44.8 Å². The second-order valence-corrected chi connectivity index (χ2v) is 5.48. The predicted molar refractivity (Wildman–Crippen MR) is 88.8 cm³/mol. The Hall–Kier alpha value is -2.53. The van der Waals surface area contributed by atoms with Crippen LogP contribution in [-0.2, 0) is 0 Å². The normalized spacial score (nSPS) is 13.1. The highest BCUT2D eigenvalue weighted by molar-refractivity contribution is 6.32. The van der Waals surface area contributed by atoms with E-state index in [1.165, 1.54) is 25.3 Å². The quantitative estimate of drug-likeness (QED) is 0.615. The summed E-state index contributed by atoms with van der Waals surface area (Å²) in [6.45, 7) is 0.893. The standard InChI is InChI=1S/C18H14ClFO4/c1-22-16-5-3-12(10-14(16)20)15(21)4-2-11-8-13(19)18-17(9-11)23-6-7-24-18/h2-5,8-10H,6-7H2,1H3/b4-2+. The minimum Gasteiger partial charge on any atom is -0.494 e. The number of benzene rings is 2. The van der Waals surface area contributed by atoms with Crippen molar-refractivity contribution in [2.45, 2.75) is 0 Å². The van der Waals surface area contributed by atoms with Gasteiger partial charge in [-0.15, -0.1) is 0 Å². The summed E-state index contributed by atoms with van der Waals surface area (Å²) in [5.41, 5.74) is 0.916. The molecule has 4 nitrogen and oxygen atoms in total. The minimum absolute atomic E-state index is 0.0918. The molecule has 0 saturated heterocycles. The third-order valence-corrected chi connectivity index (χ3v) is 3.76. The van der Waals surface area contributed by atoms with Gasteiger partial charge >= 0.3 is 0 Å². The van der Waals surface area contributed by atoms with Crippen LogP contribution in [0, 0.1) is 5.82 Å². The summed E-state index contributed by atoms with van der Waals surface area (Å²) in [5.74, 6) is 0.218. The number of ketones is 1. The number of carbonyl (C=O) groups is 1. The van der Waals surface area contributed by atoms with Crippen molar-refractivity contribution >= 4 is 23.5 Å². The number of hydrogen-bond acceptors (Lipinski definition) is 4. The van der Waals surface area contributed by atoms with Crippen LogP contribution in [0.25, 0.3) is 6.08 Å². The van der Waals surface area contributed by atoms with Gasteiger partial charge in [0.25, 0.3) is 0 Å². The Labute approximate surface area is 143 Å². The molecule has 0 fully saturated rings. The first kappa shape index (κ1) is 16.3. The molecule has 6 heteroatoms. The first-order valence-corrected chi connectivity index (χ1v) is 7.61. The van der Waals surface area contributed by atoms with Gasteiger partial charge in [-0.05, 0) is 42.0 Å². The van der Waals surface area contributed by atoms with Gasteiger partial charge < -0.3 is 14.2 Å². The molecule has 0 N–H and O–H groups in total. The first-order valence-electron chi connectivity index (χ1n) is 7.23. The third kappa shape index (κ3) is 3.36. The molecule has 0 bridgehead atoms. The predicted octanol–water partition coefficient (Wildman–Crippen LogP) is 4.16. The molecule has 124 valence electrons. The van der Waals surface area contributed by atoms with E-state index in [1.807, 2.05) is 0 Å². The Kier molecular flexibility index (Phi) is 4.71. The Balaban J connectivity index is 1.81. The molecule has 0 atom stereocenters. The van der Waals surface area contributed by atoms with E-state index < -0.39 is 5.82 Å². The number of carbonyl (C=O) groups excluding carboxylic acids is 1. The van der Waals surface area contributed by atoms with E-state index in [4.69, 9.17) is 25.8 Å². The van der Waals surface area contributed by atoms with Gasteiger partial charge in [0.15, 0.2) is 28.8 Å². The first-order chi connectivity index (χ1) is 11.6. The van der Waals surface area contributed by atoms with E-state index in [9.17, 15) is 9.18 Å². The van der Waals surface area contributed by atoms with Crippen LogP contribution in [0.2, 0.25) is 5.02 Å². The van der Waals surface area contributed by atoms with Gasteiger partial charge in [0.2, 0.25) is 0 Å². The van der Waals surface area contributed by atoms with Crippen molar-refractivity contribution in [3.8, 4) is 17.2 Å². The Morgan fingerprint density at radius 1 is 1.25 bits per heavy atom. The lowest BCUT2D eigenvalue weighted by Gasteiger charge is -2.19. The van der Waals surface area contributed by atoms with Gasteiger partial charge in [-0.25, -0.2) is 4.39 Å². The average Bonchev–Trinajstić information content (AvgIpc) is 2.59. The molecule has 0 aromatic heterocycles. The van der Waals surface area contributed by atoms with E-state index >= 15 is 0 Å². The molecule has 0 unspecified atom stereocenters. The highest BCUT2D eigenvalue weighted by atomic mass is 35.5. The molecule has 2 aromatic carbocycles. The maximum absolute atomic E-state index is 13.7. The van der Waals surface area contributed by atoms with Crippen LogP contribution >= 0.6 is 11.6 Å². The number of hydrogen-bond donors (Lipinski definition) is 0. The largest absolute Gasteiger partial charge is 0.494 e. The average molecular weight is 349 g/mol. The van der Waals surface area contributed by atoms with E-state index in [1.54, 1.807) is 18.2 Å². The zero-order valence-corrected chi connectivity index (χ0v) is 13.6. The Morgan fingerprint density at radius 3 is 2.79 bits per heavy atom. The SMILES string of the molecule is COc1ccc(C(=O)/C=C/c2cc(Cl)c3c(c2)OCCO3)cc1F. The molecule has 1 aliphatic heterocycles. The van der Waals surface area contributed by atoms with Crippen LogP contribution in [-0.4, -0.2) is 26.1 Å². The maximum atomic E-state index is 13.7. The molecule has 0 aliphatic carbocycles. The van der Waals surface area contributed by atoms with Crippen LogP contribution in [0.5, 0.6) is 17.2 Å². The van der Waals surface area contributed by atoms with Crippen molar-refractivity contribution in [1.82, 2.24) is 0 Å². The summed E-state index contributed by atoms with van der Waals surface area (Å²) in [4.78, 5) is 12.2. The molecule has 0 saturated carbocycles. The van der Waals surface area contributed by atoms with Crippen molar-refractivity contribution < 1.29 is 23.4 Å². The molecule has 1 heterocycles. The summed E-state index contributed by atoms with van der Waals surface area (Å²) >= 11 is 6.15. The van der Waals surface area contributed by atoms with Gasteiger partial charge in [-0.1, -0.05) is 17.7 Å². The molecule has 0 radical (unpaired) electrons. The smallest absolute Gasteiger partial charge is 0.185 e. The van der Waals surface area contributed by atoms with Crippen LogP contribution in [0.1, 0.15) is 15.9 Å². The van der Waals surface area contributed by atoms with Gasteiger partial charge in [-0.3, -0.25) is 4.79 Å². The fourth-order valence-corrected chi connectivity index (χ4v) is 2.59. The summed E-state index contributed by atoms with van der Waals surface area (Å²) in [5, 5.41) is 0.412. The fourth-order valence-electron chi connectivity index (χ4n) is 2.31. The lowest BCUT2D eigenvalue weighted by molar-refractivity contribution is 0.104. The lowest BCUT2D eigenvalue weighted by Crippen LogP contribution is -2.15. The number of ether oxygens (including phenoxy) is 3. The van der Waals surface area contributed by atoms with E-state index in [0.29, 0.717) is 35.3 Å². The molecular weight excluding hydrogens is 335 g/mol. The van der Waals surface area contributed by atoms with Crippen LogP contribution < -0.4 is 14.2 Å². The molecular formula is C18H14ClFO4. The number of allylic oxidation sites excluding steroid dienone is 1. The van der Waals surface area contributed by atoms with Crippen LogP contribution in [0.15, 0.2) is 36.4 Å². The van der Waals surface area contributed by atoms with Gasteiger partial charge in [0.05, 0.1) is 12.1 Å². The van der Waals surface area contributed by atoms with Gasteiger partial charge in [-0.2, -0.15) is 0 Å². The monoisotopic (exact) mass is 348 g/mol. The molecule has 2 aromatic rings. The number of rotatable bonds is 4. The summed E-state index contributed by atoms with van der Waals surface area (Å²) in [6.07, 6.45) is 2.94. The second kappa shape index (κ2) is 6.93. The van der Waals surface area contributed by atoms with Crippen molar-refractivity contribution in [3.63, 3.8) is 0 Å². The zero-order valence-electron chi connectivity index (χ0n) is 12.8. The van der Waals surface area contributed by atoms with Gasteiger partial charge in [0, 0.05) is 5.56 Å². The second-order valence-electron chi connectivity index (χ2n) is 5.07. The minimum atomic E-state index is -0.584. The van der Waals surface area contributed by atoms with E-state index in [0.717, 1.165) is 6.07 Å². The van der Waals surface area contributed by atoms with Crippen molar-refractivity contribution in [1.29, 1.82) is 0 Å². The molecule has 1 aliphatic rings. The van der Waals surface area contributed by atoms with Crippen LogP contribution in [0.3, 0.4) is 0 Å². The fraction of sp³-hybridized carbons (Fsp3) is 0.167. The summed E-state index contributed by atoms with van der Waals surface area (Å²) in [6, 6.07) is 7.47. The Morgan fingerprint density at radius 2 is 2.04 bits per heavy atom. The molecule has 0 amide bonds. The highest BCUT2D eigenvalue weighted by Crippen LogP contribution is 2.38. The zero-order chi connectivity index (χ0) is 17.1. The van der Waals surface area contributed by atoms with E-state index in [-0.39, 0.29) is 17.1 Å². The van der Waals surface area contributed by atoms with Crippen molar-refractivity contribution in [3.05, 3.63) is 58.4 Å². The lowest BCUT2D eigenvalue weighted by atomic mass is 10.1. The number of halogens is 2. The maximum Gasteiger partial charge on any atom is 0.185 e. The summed E-state index contributed by atoms with van der Waals surface area (Å²) in [7, 11) is 1.37. The number of fused-ring (bicyclic) bond motifs is 1. The molecule has 3 rings (SSSR count). The highest BCUT2D eigenvalue weighted by Gasteiger charge is 2.16. The van der Waals surface area contributed by atoms with E-state index in [2.05, 4.69) is 0 Å². The van der Waals surface area contributed by atoms with Crippen molar-refractivity contribution in [2.75, 3.05) is 20.3 Å². The van der Waals surface area contributed by atoms with Gasteiger partial charge in [0.1, 0.15) is 13.2 Å². The molecule has 0 spiro atoms. The molecule has 24 heavy (non-hydrogen) atoms. The van der Waals surface area contributed by atoms with Crippen LogP contribution in [0.4, 0.5) is 4.39 Å². The van der Waals surface area contributed by atoms with Crippen molar-refractivity contribution in [2.24, 2.45) is 0 Å². The summed E-state index contributed by atoms with van der Waals surface area (Å²) < 4.78 is 29.4. The Bertz CT molecular complexity index is 817. The third-order valence-electron chi connectivity index (χ3n) is 3.48.